The van der Waals surface area contributed by atoms with E-state index >= 15 is 0 Å². The lowest BCUT2D eigenvalue weighted by atomic mass is 10.2. The fourth-order valence-corrected chi connectivity index (χ4v) is 3.34. The first kappa shape index (κ1) is 21.2. The Hall–Kier alpha value is -4.08. The molecule has 4 rings (SSSR count). The molecule has 2 amide bonds. The number of carbonyl (C=O) groups excluding carboxylic acids is 1. The Balaban J connectivity index is 1.36. The molecule has 1 atom stereocenters. The first-order valence-electron chi connectivity index (χ1n) is 9.88. The van der Waals surface area contributed by atoms with Gasteiger partial charge in [-0.2, -0.15) is 5.10 Å². The van der Waals surface area contributed by atoms with Crippen molar-refractivity contribution in [2.75, 3.05) is 38.6 Å². The second-order valence-electron chi connectivity index (χ2n) is 6.94. The molecule has 2 aromatic carbocycles. The lowest BCUT2D eigenvalue weighted by Crippen LogP contribution is -2.33. The molecule has 3 aromatic rings. The number of urea groups is 1. The SMILES string of the molecule is COc1cc(NC(=O)Nc2cnn(CC3COc4ccccc4O3)c2)cc(OC)c1OC. The van der Waals surface area contributed by atoms with Crippen LogP contribution in [0.3, 0.4) is 0 Å². The molecule has 0 radical (unpaired) electrons. The minimum atomic E-state index is -0.440. The van der Waals surface area contributed by atoms with E-state index in [0.717, 1.165) is 5.75 Å². The molecule has 1 aliphatic rings. The van der Waals surface area contributed by atoms with Gasteiger partial charge in [0.15, 0.2) is 29.1 Å². The zero-order valence-corrected chi connectivity index (χ0v) is 18.0. The highest BCUT2D eigenvalue weighted by atomic mass is 16.6. The number of aromatic nitrogens is 2. The van der Waals surface area contributed by atoms with Crippen molar-refractivity contribution in [1.29, 1.82) is 0 Å². The summed E-state index contributed by atoms with van der Waals surface area (Å²) < 4.78 is 29.3. The summed E-state index contributed by atoms with van der Waals surface area (Å²) in [6.45, 7) is 0.895. The Morgan fingerprint density at radius 2 is 1.75 bits per heavy atom. The molecule has 0 saturated carbocycles. The first-order chi connectivity index (χ1) is 15.6. The summed E-state index contributed by atoms with van der Waals surface area (Å²) in [4.78, 5) is 12.5. The van der Waals surface area contributed by atoms with E-state index in [0.29, 0.717) is 47.5 Å². The number of fused-ring (bicyclic) bond motifs is 1. The summed E-state index contributed by atoms with van der Waals surface area (Å²) in [5.74, 6) is 2.75. The van der Waals surface area contributed by atoms with Gasteiger partial charge in [0.05, 0.1) is 45.4 Å². The smallest absolute Gasteiger partial charge is 0.323 e. The van der Waals surface area contributed by atoms with Gasteiger partial charge >= 0.3 is 6.03 Å². The van der Waals surface area contributed by atoms with Crippen LogP contribution in [0.4, 0.5) is 16.2 Å². The highest BCUT2D eigenvalue weighted by Gasteiger charge is 2.21. The number of para-hydroxylation sites is 2. The molecule has 0 saturated heterocycles. The number of anilines is 2. The van der Waals surface area contributed by atoms with Crippen LogP contribution in [0.15, 0.2) is 48.8 Å². The quantitative estimate of drug-likeness (QED) is 0.580. The zero-order chi connectivity index (χ0) is 22.5. The molecule has 0 bridgehead atoms. The molecule has 1 unspecified atom stereocenters. The Bertz CT molecular complexity index is 1070. The molecule has 32 heavy (non-hydrogen) atoms. The third-order valence-electron chi connectivity index (χ3n) is 4.77. The number of nitrogens with zero attached hydrogens (tertiary/aromatic N) is 2. The number of nitrogens with one attached hydrogen (secondary N) is 2. The van der Waals surface area contributed by atoms with E-state index in [2.05, 4.69) is 15.7 Å². The van der Waals surface area contributed by atoms with Gasteiger partial charge in [-0.25, -0.2) is 4.79 Å². The van der Waals surface area contributed by atoms with Gasteiger partial charge in [-0.15, -0.1) is 0 Å². The van der Waals surface area contributed by atoms with Crippen molar-refractivity contribution in [3.8, 4) is 28.7 Å². The van der Waals surface area contributed by atoms with Crippen LogP contribution in [0.1, 0.15) is 0 Å². The molecule has 0 aliphatic carbocycles. The Morgan fingerprint density at radius 1 is 1.06 bits per heavy atom. The van der Waals surface area contributed by atoms with Crippen LogP contribution < -0.4 is 34.3 Å². The fourth-order valence-electron chi connectivity index (χ4n) is 3.34. The van der Waals surface area contributed by atoms with Gasteiger partial charge in [0.2, 0.25) is 5.75 Å². The molecule has 10 heteroatoms. The number of hydrogen-bond acceptors (Lipinski definition) is 7. The monoisotopic (exact) mass is 440 g/mol. The molecule has 1 aliphatic heterocycles. The molecule has 0 fully saturated rings. The van der Waals surface area contributed by atoms with Crippen molar-refractivity contribution in [2.45, 2.75) is 12.6 Å². The minimum absolute atomic E-state index is 0.189. The van der Waals surface area contributed by atoms with Gasteiger partial charge in [-0.3, -0.25) is 4.68 Å². The van der Waals surface area contributed by atoms with E-state index in [4.69, 9.17) is 23.7 Å². The van der Waals surface area contributed by atoms with Crippen LogP contribution in [0.2, 0.25) is 0 Å². The maximum Gasteiger partial charge on any atom is 0.323 e. The predicted octanol–water partition coefficient (Wildman–Crippen LogP) is 3.39. The maximum absolute atomic E-state index is 12.5. The molecular weight excluding hydrogens is 416 g/mol. The number of rotatable bonds is 7. The number of methoxy groups -OCH3 is 3. The van der Waals surface area contributed by atoms with E-state index in [1.54, 1.807) is 29.2 Å². The molecular formula is C22H24N4O6. The number of benzene rings is 2. The van der Waals surface area contributed by atoms with Gasteiger partial charge in [0, 0.05) is 18.3 Å². The Morgan fingerprint density at radius 3 is 2.44 bits per heavy atom. The van der Waals surface area contributed by atoms with E-state index in [1.165, 1.54) is 21.3 Å². The minimum Gasteiger partial charge on any atom is -0.493 e. The second-order valence-corrected chi connectivity index (χ2v) is 6.94. The average Bonchev–Trinajstić information content (AvgIpc) is 3.24. The van der Waals surface area contributed by atoms with Crippen molar-refractivity contribution in [3.05, 3.63) is 48.8 Å². The lowest BCUT2D eigenvalue weighted by molar-refractivity contribution is 0.0759. The largest absolute Gasteiger partial charge is 0.493 e. The molecule has 0 spiro atoms. The van der Waals surface area contributed by atoms with Crippen LogP contribution in [-0.4, -0.2) is 49.9 Å². The van der Waals surface area contributed by atoms with Crippen LogP contribution in [-0.2, 0) is 6.54 Å². The fraction of sp³-hybridized carbons (Fsp3) is 0.273. The molecule has 2 N–H and O–H groups in total. The number of hydrogen-bond donors (Lipinski definition) is 2. The van der Waals surface area contributed by atoms with Crippen molar-refractivity contribution in [2.24, 2.45) is 0 Å². The van der Waals surface area contributed by atoms with Crippen molar-refractivity contribution in [3.63, 3.8) is 0 Å². The summed E-state index contributed by atoms with van der Waals surface area (Å²) in [5, 5.41) is 9.78. The van der Waals surface area contributed by atoms with Gasteiger partial charge < -0.3 is 34.3 Å². The first-order valence-corrected chi connectivity index (χ1v) is 9.88. The Kier molecular flexibility index (Phi) is 6.20. The number of carbonyl (C=O) groups is 1. The number of ether oxygens (including phenoxy) is 5. The van der Waals surface area contributed by atoms with E-state index in [-0.39, 0.29) is 6.10 Å². The summed E-state index contributed by atoms with van der Waals surface area (Å²) in [7, 11) is 4.53. The summed E-state index contributed by atoms with van der Waals surface area (Å²) in [6.07, 6.45) is 3.09. The topological polar surface area (TPSA) is 105 Å². The third kappa shape index (κ3) is 4.64. The average molecular weight is 440 g/mol. The van der Waals surface area contributed by atoms with Crippen LogP contribution >= 0.6 is 0 Å². The normalized spacial score (nSPS) is 14.4. The number of amides is 2. The summed E-state index contributed by atoms with van der Waals surface area (Å²) >= 11 is 0. The molecule has 168 valence electrons. The van der Waals surface area contributed by atoms with E-state index in [1.807, 2.05) is 24.3 Å². The molecule has 1 aromatic heterocycles. The van der Waals surface area contributed by atoms with E-state index < -0.39 is 6.03 Å². The van der Waals surface area contributed by atoms with Crippen molar-refractivity contribution >= 4 is 17.4 Å². The Labute approximate surface area is 185 Å². The van der Waals surface area contributed by atoms with Gasteiger partial charge in [0.25, 0.3) is 0 Å². The van der Waals surface area contributed by atoms with Crippen LogP contribution in [0.5, 0.6) is 28.7 Å². The zero-order valence-electron chi connectivity index (χ0n) is 18.0. The van der Waals surface area contributed by atoms with Crippen LogP contribution in [0, 0.1) is 0 Å². The van der Waals surface area contributed by atoms with E-state index in [9.17, 15) is 4.79 Å². The highest BCUT2D eigenvalue weighted by Crippen LogP contribution is 2.40. The van der Waals surface area contributed by atoms with Crippen LogP contribution in [0.25, 0.3) is 0 Å². The summed E-state index contributed by atoms with van der Waals surface area (Å²) in [5.41, 5.74) is 1.02. The second kappa shape index (κ2) is 9.38. The van der Waals surface area contributed by atoms with Crippen molar-refractivity contribution < 1.29 is 28.5 Å². The summed E-state index contributed by atoms with van der Waals surface area (Å²) in [6, 6.07) is 10.4. The third-order valence-corrected chi connectivity index (χ3v) is 4.77. The standard InChI is InChI=1S/C22H24N4O6/c1-28-19-8-14(9-20(29-2)21(19)30-3)24-22(27)25-15-10-23-26(11-15)12-16-13-31-17-6-4-5-7-18(17)32-16/h4-11,16H,12-13H2,1-3H3,(H2,24,25,27). The van der Waals surface area contributed by atoms with Crippen molar-refractivity contribution in [1.82, 2.24) is 9.78 Å². The molecule has 10 nitrogen and oxygen atoms in total. The maximum atomic E-state index is 12.5. The van der Waals surface area contributed by atoms with Gasteiger partial charge in [-0.05, 0) is 12.1 Å². The van der Waals surface area contributed by atoms with Gasteiger partial charge in [0.1, 0.15) is 6.61 Å². The predicted molar refractivity (Wildman–Crippen MR) is 117 cm³/mol. The highest BCUT2D eigenvalue weighted by molar-refractivity contribution is 6.00. The lowest BCUT2D eigenvalue weighted by Gasteiger charge is -2.26. The molecule has 2 heterocycles. The van der Waals surface area contributed by atoms with Gasteiger partial charge in [-0.1, -0.05) is 12.1 Å².